The van der Waals surface area contributed by atoms with Crippen LogP contribution < -0.4 is 10.6 Å². The van der Waals surface area contributed by atoms with Gasteiger partial charge in [-0.15, -0.1) is 24.2 Å². The molecular formula is C12H17ClN2OS. The van der Waals surface area contributed by atoms with E-state index in [4.69, 9.17) is 0 Å². The summed E-state index contributed by atoms with van der Waals surface area (Å²) in [4.78, 5) is 12.8. The van der Waals surface area contributed by atoms with Crippen LogP contribution >= 0.6 is 24.2 Å². The molecule has 1 atom stereocenters. The fourth-order valence-corrected chi connectivity index (χ4v) is 2.44. The van der Waals surface area contributed by atoms with E-state index in [1.54, 1.807) is 11.8 Å². The monoisotopic (exact) mass is 272 g/mol. The molecule has 2 rings (SSSR count). The summed E-state index contributed by atoms with van der Waals surface area (Å²) in [6, 6.07) is 10.3. The molecule has 3 nitrogen and oxygen atoms in total. The molecule has 2 N–H and O–H groups in total. The fourth-order valence-electron chi connectivity index (χ4n) is 1.71. The van der Waals surface area contributed by atoms with E-state index in [9.17, 15) is 4.79 Å². The third-order valence-electron chi connectivity index (χ3n) is 2.54. The Kier molecular flexibility index (Phi) is 6.40. The summed E-state index contributed by atoms with van der Waals surface area (Å²) in [6.45, 7) is 1.92. The minimum Gasteiger partial charge on any atom is -0.351 e. The van der Waals surface area contributed by atoms with Crippen molar-refractivity contribution in [1.29, 1.82) is 0 Å². The van der Waals surface area contributed by atoms with Crippen LogP contribution in [0.2, 0.25) is 0 Å². The van der Waals surface area contributed by atoms with Crippen molar-refractivity contribution in [2.75, 3.05) is 18.8 Å². The molecule has 0 aliphatic carbocycles. The lowest BCUT2D eigenvalue weighted by atomic mass is 10.3. The normalized spacial score (nSPS) is 18.5. The smallest absolute Gasteiger partial charge is 0.230 e. The average molecular weight is 273 g/mol. The number of halogens is 1. The Morgan fingerprint density at radius 1 is 1.41 bits per heavy atom. The van der Waals surface area contributed by atoms with Crippen LogP contribution in [0, 0.1) is 0 Å². The molecule has 1 fully saturated rings. The lowest BCUT2D eigenvalue weighted by molar-refractivity contribution is -0.119. The first-order chi connectivity index (χ1) is 7.84. The van der Waals surface area contributed by atoms with Crippen molar-refractivity contribution in [1.82, 2.24) is 10.6 Å². The summed E-state index contributed by atoms with van der Waals surface area (Å²) in [6.07, 6.45) is 1.04. The Hall–Kier alpha value is -0.710. The Morgan fingerprint density at radius 2 is 2.18 bits per heavy atom. The Balaban J connectivity index is 0.00000144. The first-order valence-electron chi connectivity index (χ1n) is 5.52. The van der Waals surface area contributed by atoms with Crippen LogP contribution in [-0.4, -0.2) is 30.8 Å². The third-order valence-corrected chi connectivity index (χ3v) is 3.55. The van der Waals surface area contributed by atoms with Gasteiger partial charge in [0.2, 0.25) is 5.91 Å². The van der Waals surface area contributed by atoms with E-state index in [0.29, 0.717) is 11.8 Å². The van der Waals surface area contributed by atoms with Gasteiger partial charge < -0.3 is 10.6 Å². The Labute approximate surface area is 112 Å². The van der Waals surface area contributed by atoms with Gasteiger partial charge in [0.05, 0.1) is 5.75 Å². The van der Waals surface area contributed by atoms with E-state index in [2.05, 4.69) is 10.6 Å². The van der Waals surface area contributed by atoms with Crippen molar-refractivity contribution in [2.24, 2.45) is 0 Å². The molecule has 0 spiro atoms. The quantitative estimate of drug-likeness (QED) is 0.820. The number of nitrogens with one attached hydrogen (secondary N) is 2. The molecule has 1 aromatic rings. The molecule has 1 saturated heterocycles. The molecule has 1 amide bonds. The Bertz CT molecular complexity index is 342. The lowest BCUT2D eigenvalue weighted by Crippen LogP contribution is -2.37. The van der Waals surface area contributed by atoms with Gasteiger partial charge in [-0.2, -0.15) is 0 Å². The highest BCUT2D eigenvalue weighted by molar-refractivity contribution is 8.00. The molecule has 1 aliphatic rings. The second kappa shape index (κ2) is 7.58. The van der Waals surface area contributed by atoms with Gasteiger partial charge in [-0.1, -0.05) is 18.2 Å². The summed E-state index contributed by atoms with van der Waals surface area (Å²) < 4.78 is 0. The largest absolute Gasteiger partial charge is 0.351 e. The first kappa shape index (κ1) is 14.4. The molecule has 1 unspecified atom stereocenters. The number of rotatable bonds is 4. The van der Waals surface area contributed by atoms with Crippen molar-refractivity contribution >= 4 is 30.1 Å². The van der Waals surface area contributed by atoms with Crippen LogP contribution in [0.25, 0.3) is 0 Å². The second-order valence-electron chi connectivity index (χ2n) is 3.86. The maximum absolute atomic E-state index is 11.6. The van der Waals surface area contributed by atoms with Gasteiger partial charge in [-0.05, 0) is 25.1 Å². The van der Waals surface area contributed by atoms with Crippen LogP contribution in [-0.2, 0) is 4.79 Å². The molecule has 1 aromatic carbocycles. The predicted octanol–water partition coefficient (Wildman–Crippen LogP) is 1.68. The predicted molar refractivity (Wildman–Crippen MR) is 73.8 cm³/mol. The summed E-state index contributed by atoms with van der Waals surface area (Å²) in [7, 11) is 0. The van der Waals surface area contributed by atoms with Crippen molar-refractivity contribution in [3.63, 3.8) is 0 Å². The number of thioether (sulfide) groups is 1. The summed E-state index contributed by atoms with van der Waals surface area (Å²) in [5, 5.41) is 6.26. The molecule has 17 heavy (non-hydrogen) atoms. The van der Waals surface area contributed by atoms with E-state index in [0.717, 1.165) is 24.4 Å². The minimum absolute atomic E-state index is 0. The van der Waals surface area contributed by atoms with Crippen LogP contribution in [0.15, 0.2) is 35.2 Å². The highest BCUT2D eigenvalue weighted by Crippen LogP contribution is 2.16. The van der Waals surface area contributed by atoms with E-state index in [1.807, 2.05) is 30.3 Å². The number of amides is 1. The number of carbonyl (C=O) groups is 1. The SMILES string of the molecule is Cl.O=C(CSc1ccccc1)NC1CCNC1. The standard InChI is InChI=1S/C12H16N2OS.ClH/c15-12(14-10-6-7-13-8-10)9-16-11-4-2-1-3-5-11;/h1-5,10,13H,6-9H2,(H,14,15);1H. The molecule has 1 aliphatic heterocycles. The van der Waals surface area contributed by atoms with Gasteiger partial charge in [-0.25, -0.2) is 0 Å². The van der Waals surface area contributed by atoms with Gasteiger partial charge in [0.15, 0.2) is 0 Å². The van der Waals surface area contributed by atoms with Gasteiger partial charge in [0.25, 0.3) is 0 Å². The molecule has 5 heteroatoms. The summed E-state index contributed by atoms with van der Waals surface area (Å²) >= 11 is 1.58. The summed E-state index contributed by atoms with van der Waals surface area (Å²) in [5.41, 5.74) is 0. The second-order valence-corrected chi connectivity index (χ2v) is 4.91. The maximum Gasteiger partial charge on any atom is 0.230 e. The maximum atomic E-state index is 11.6. The van der Waals surface area contributed by atoms with E-state index in [-0.39, 0.29) is 18.3 Å². The molecule has 0 bridgehead atoms. The van der Waals surface area contributed by atoms with Gasteiger partial charge >= 0.3 is 0 Å². The first-order valence-corrected chi connectivity index (χ1v) is 6.51. The van der Waals surface area contributed by atoms with E-state index >= 15 is 0 Å². The van der Waals surface area contributed by atoms with Crippen molar-refractivity contribution in [3.8, 4) is 0 Å². The van der Waals surface area contributed by atoms with Crippen LogP contribution in [0.1, 0.15) is 6.42 Å². The van der Waals surface area contributed by atoms with Crippen molar-refractivity contribution in [3.05, 3.63) is 30.3 Å². The average Bonchev–Trinajstić information content (AvgIpc) is 2.81. The van der Waals surface area contributed by atoms with E-state index < -0.39 is 0 Å². The van der Waals surface area contributed by atoms with Crippen LogP contribution in [0.3, 0.4) is 0 Å². The lowest BCUT2D eigenvalue weighted by Gasteiger charge is -2.10. The number of hydrogen-bond acceptors (Lipinski definition) is 3. The zero-order chi connectivity index (χ0) is 11.2. The van der Waals surface area contributed by atoms with Crippen LogP contribution in [0.5, 0.6) is 0 Å². The van der Waals surface area contributed by atoms with Crippen LogP contribution in [0.4, 0.5) is 0 Å². The molecule has 0 saturated carbocycles. The number of benzene rings is 1. The topological polar surface area (TPSA) is 41.1 Å². The van der Waals surface area contributed by atoms with Gasteiger partial charge in [-0.3, -0.25) is 4.79 Å². The number of hydrogen-bond donors (Lipinski definition) is 2. The molecular weight excluding hydrogens is 256 g/mol. The minimum atomic E-state index is 0. The molecule has 1 heterocycles. The Morgan fingerprint density at radius 3 is 2.82 bits per heavy atom. The zero-order valence-corrected chi connectivity index (χ0v) is 11.2. The highest BCUT2D eigenvalue weighted by Gasteiger charge is 2.16. The van der Waals surface area contributed by atoms with Gasteiger partial charge in [0.1, 0.15) is 0 Å². The molecule has 0 aromatic heterocycles. The van der Waals surface area contributed by atoms with Crippen molar-refractivity contribution < 1.29 is 4.79 Å². The van der Waals surface area contributed by atoms with Gasteiger partial charge in [0, 0.05) is 17.5 Å². The number of carbonyl (C=O) groups excluding carboxylic acids is 1. The molecule has 94 valence electrons. The summed E-state index contributed by atoms with van der Waals surface area (Å²) in [5.74, 6) is 0.628. The zero-order valence-electron chi connectivity index (χ0n) is 9.52. The highest BCUT2D eigenvalue weighted by atomic mass is 35.5. The molecule has 0 radical (unpaired) electrons. The van der Waals surface area contributed by atoms with E-state index in [1.165, 1.54) is 0 Å². The fraction of sp³-hybridized carbons (Fsp3) is 0.417. The van der Waals surface area contributed by atoms with Crippen molar-refractivity contribution in [2.45, 2.75) is 17.4 Å². The third kappa shape index (κ3) is 4.98.